The number of non-ortho nitro benzene ring substituents is 1. The van der Waals surface area contributed by atoms with Crippen LogP contribution >= 0.6 is 11.3 Å². The van der Waals surface area contributed by atoms with Crippen molar-refractivity contribution in [2.75, 3.05) is 17.2 Å². The summed E-state index contributed by atoms with van der Waals surface area (Å²) in [6, 6.07) is 15.6. The Labute approximate surface area is 153 Å². The van der Waals surface area contributed by atoms with Crippen LogP contribution in [0.5, 0.6) is 0 Å². The minimum Gasteiger partial charge on any atom is -0.360 e. The van der Waals surface area contributed by atoms with Gasteiger partial charge >= 0.3 is 0 Å². The Morgan fingerprint density at radius 2 is 1.85 bits per heavy atom. The van der Waals surface area contributed by atoms with E-state index in [0.717, 1.165) is 6.42 Å². The van der Waals surface area contributed by atoms with Gasteiger partial charge in [0.2, 0.25) is 10.3 Å². The van der Waals surface area contributed by atoms with Crippen LogP contribution in [0.1, 0.15) is 15.9 Å². The Morgan fingerprint density at radius 1 is 1.08 bits per heavy atom. The number of anilines is 2. The van der Waals surface area contributed by atoms with Crippen LogP contribution < -0.4 is 10.6 Å². The number of carbonyl (C=O) groups excluding carboxylic acids is 1. The third-order valence-electron chi connectivity index (χ3n) is 3.50. The molecule has 1 aromatic heterocycles. The largest absolute Gasteiger partial charge is 0.360 e. The highest BCUT2D eigenvalue weighted by molar-refractivity contribution is 7.19. The first-order valence-corrected chi connectivity index (χ1v) is 8.60. The summed E-state index contributed by atoms with van der Waals surface area (Å²) < 4.78 is 0. The van der Waals surface area contributed by atoms with Gasteiger partial charge in [-0.15, -0.1) is 10.2 Å². The number of hydrogen-bond acceptors (Lipinski definition) is 7. The molecule has 3 rings (SSSR count). The lowest BCUT2D eigenvalue weighted by Gasteiger charge is -2.02. The van der Waals surface area contributed by atoms with Crippen molar-refractivity contribution >= 4 is 33.2 Å². The molecule has 2 aromatic carbocycles. The quantitative estimate of drug-likeness (QED) is 0.488. The highest BCUT2D eigenvalue weighted by Crippen LogP contribution is 2.21. The zero-order valence-electron chi connectivity index (χ0n) is 13.6. The van der Waals surface area contributed by atoms with E-state index in [0.29, 0.717) is 16.8 Å². The molecule has 1 amide bonds. The van der Waals surface area contributed by atoms with Gasteiger partial charge in [0, 0.05) is 24.2 Å². The maximum Gasteiger partial charge on any atom is 0.270 e. The number of rotatable bonds is 7. The fourth-order valence-corrected chi connectivity index (χ4v) is 2.90. The topological polar surface area (TPSA) is 110 Å². The number of nitro groups is 1. The van der Waals surface area contributed by atoms with Crippen LogP contribution in [0.25, 0.3) is 0 Å². The molecule has 2 N–H and O–H groups in total. The van der Waals surface area contributed by atoms with Crippen molar-refractivity contribution in [3.8, 4) is 0 Å². The van der Waals surface area contributed by atoms with E-state index < -0.39 is 10.8 Å². The molecule has 0 aliphatic carbocycles. The van der Waals surface area contributed by atoms with E-state index in [1.54, 1.807) is 0 Å². The van der Waals surface area contributed by atoms with Crippen LogP contribution in [-0.2, 0) is 6.42 Å². The van der Waals surface area contributed by atoms with E-state index in [4.69, 9.17) is 0 Å². The van der Waals surface area contributed by atoms with Crippen molar-refractivity contribution in [1.29, 1.82) is 0 Å². The van der Waals surface area contributed by atoms with Crippen LogP contribution in [-0.4, -0.2) is 27.6 Å². The molecule has 0 spiro atoms. The van der Waals surface area contributed by atoms with Gasteiger partial charge in [-0.3, -0.25) is 20.2 Å². The van der Waals surface area contributed by atoms with Crippen molar-refractivity contribution in [1.82, 2.24) is 10.2 Å². The lowest BCUT2D eigenvalue weighted by molar-refractivity contribution is -0.384. The van der Waals surface area contributed by atoms with Gasteiger partial charge in [0.05, 0.1) is 4.92 Å². The third kappa shape index (κ3) is 4.61. The average molecular weight is 369 g/mol. The number of nitrogens with zero attached hydrogens (tertiary/aromatic N) is 3. The lowest BCUT2D eigenvalue weighted by Crippen LogP contribution is -2.11. The van der Waals surface area contributed by atoms with Crippen molar-refractivity contribution in [3.63, 3.8) is 0 Å². The van der Waals surface area contributed by atoms with E-state index in [9.17, 15) is 14.9 Å². The van der Waals surface area contributed by atoms with E-state index in [1.165, 1.54) is 41.2 Å². The Hall–Kier alpha value is -3.33. The first-order valence-electron chi connectivity index (χ1n) is 7.79. The fourth-order valence-electron chi connectivity index (χ4n) is 2.23. The van der Waals surface area contributed by atoms with Gasteiger partial charge in [-0.05, 0) is 18.1 Å². The smallest absolute Gasteiger partial charge is 0.270 e. The number of nitrogens with one attached hydrogen (secondary N) is 2. The molecule has 0 radical (unpaired) electrons. The number of nitro benzene ring substituents is 1. The predicted octanol–water partition coefficient (Wildman–Crippen LogP) is 3.35. The molecule has 0 aliphatic rings. The van der Waals surface area contributed by atoms with Crippen molar-refractivity contribution < 1.29 is 9.72 Å². The van der Waals surface area contributed by atoms with Crippen LogP contribution in [0.3, 0.4) is 0 Å². The van der Waals surface area contributed by atoms with Gasteiger partial charge in [0.1, 0.15) is 0 Å². The third-order valence-corrected chi connectivity index (χ3v) is 4.29. The van der Waals surface area contributed by atoms with Gasteiger partial charge in [0.25, 0.3) is 11.6 Å². The number of carbonyl (C=O) groups is 1. The molecule has 8 nitrogen and oxygen atoms in total. The summed E-state index contributed by atoms with van der Waals surface area (Å²) in [5.41, 5.74) is 1.26. The molecular weight excluding hydrogens is 354 g/mol. The summed E-state index contributed by atoms with van der Waals surface area (Å²) in [6.07, 6.45) is 0.843. The zero-order chi connectivity index (χ0) is 18.4. The SMILES string of the molecule is O=C(Nc1nnc(NCCc2ccccc2)s1)c1cccc([N+](=O)[O-])c1. The minimum atomic E-state index is -0.545. The minimum absolute atomic E-state index is 0.141. The van der Waals surface area contributed by atoms with Gasteiger partial charge in [-0.25, -0.2) is 0 Å². The first kappa shape index (κ1) is 17.5. The summed E-state index contributed by atoms with van der Waals surface area (Å²) in [5.74, 6) is -0.472. The van der Waals surface area contributed by atoms with Gasteiger partial charge in [-0.1, -0.05) is 47.7 Å². The Kier molecular flexibility index (Phi) is 5.49. The van der Waals surface area contributed by atoms with Gasteiger partial charge < -0.3 is 5.32 Å². The van der Waals surface area contributed by atoms with Crippen molar-refractivity contribution in [3.05, 3.63) is 75.8 Å². The van der Waals surface area contributed by atoms with Crippen LogP contribution in [0, 0.1) is 10.1 Å². The number of benzene rings is 2. The van der Waals surface area contributed by atoms with E-state index in [1.807, 2.05) is 30.3 Å². The second-order valence-electron chi connectivity index (χ2n) is 5.34. The van der Waals surface area contributed by atoms with Crippen molar-refractivity contribution in [2.45, 2.75) is 6.42 Å². The molecule has 132 valence electrons. The van der Waals surface area contributed by atoms with Crippen LogP contribution in [0.2, 0.25) is 0 Å². The average Bonchev–Trinajstić information content (AvgIpc) is 3.10. The monoisotopic (exact) mass is 369 g/mol. The van der Waals surface area contributed by atoms with Crippen LogP contribution in [0.4, 0.5) is 16.0 Å². The van der Waals surface area contributed by atoms with Crippen LogP contribution in [0.15, 0.2) is 54.6 Å². The summed E-state index contributed by atoms with van der Waals surface area (Å²) in [4.78, 5) is 22.4. The Balaban J connectivity index is 1.55. The maximum absolute atomic E-state index is 12.2. The van der Waals surface area contributed by atoms with E-state index in [-0.39, 0.29) is 11.3 Å². The second kappa shape index (κ2) is 8.17. The van der Waals surface area contributed by atoms with E-state index >= 15 is 0 Å². The molecule has 0 atom stereocenters. The lowest BCUT2D eigenvalue weighted by atomic mass is 10.2. The zero-order valence-corrected chi connectivity index (χ0v) is 14.4. The standard InChI is InChI=1S/C17H15N5O3S/c23-15(13-7-4-8-14(11-13)22(24)25)19-17-21-20-16(26-17)18-10-9-12-5-2-1-3-6-12/h1-8,11H,9-10H2,(H,18,20)(H,19,21,23). The molecule has 9 heteroatoms. The molecule has 26 heavy (non-hydrogen) atoms. The molecule has 0 saturated carbocycles. The van der Waals surface area contributed by atoms with Gasteiger partial charge in [-0.2, -0.15) is 0 Å². The normalized spacial score (nSPS) is 10.3. The van der Waals surface area contributed by atoms with E-state index in [2.05, 4.69) is 20.8 Å². The highest BCUT2D eigenvalue weighted by Gasteiger charge is 2.13. The fraction of sp³-hybridized carbons (Fsp3) is 0.118. The number of amides is 1. The summed E-state index contributed by atoms with van der Waals surface area (Å²) in [6.45, 7) is 0.692. The first-order chi connectivity index (χ1) is 12.6. The molecule has 0 fully saturated rings. The summed E-state index contributed by atoms with van der Waals surface area (Å²) in [5, 5.41) is 25.3. The second-order valence-corrected chi connectivity index (χ2v) is 6.31. The van der Waals surface area contributed by atoms with Gasteiger partial charge in [0.15, 0.2) is 0 Å². The Morgan fingerprint density at radius 3 is 2.62 bits per heavy atom. The molecule has 0 aliphatic heterocycles. The molecule has 3 aromatic rings. The van der Waals surface area contributed by atoms with Crippen molar-refractivity contribution in [2.24, 2.45) is 0 Å². The molecule has 0 bridgehead atoms. The molecule has 0 unspecified atom stereocenters. The number of aromatic nitrogens is 2. The molecule has 0 saturated heterocycles. The summed E-state index contributed by atoms with van der Waals surface area (Å²) >= 11 is 1.20. The summed E-state index contributed by atoms with van der Waals surface area (Å²) in [7, 11) is 0. The molecular formula is C17H15N5O3S. The predicted molar refractivity (Wildman–Crippen MR) is 99.6 cm³/mol. The molecule has 1 heterocycles. The maximum atomic E-state index is 12.2. The number of hydrogen-bond donors (Lipinski definition) is 2. The highest BCUT2D eigenvalue weighted by atomic mass is 32.1. The Bertz CT molecular complexity index is 914.